The summed E-state index contributed by atoms with van der Waals surface area (Å²) < 4.78 is 5.42. The number of carboxylic acids is 1. The molecule has 0 saturated heterocycles. The molecule has 1 saturated carbocycles. The van der Waals surface area contributed by atoms with Crippen LogP contribution >= 0.6 is 0 Å². The molecule has 0 aromatic heterocycles. The van der Waals surface area contributed by atoms with Gasteiger partial charge in [0.15, 0.2) is 6.10 Å². The standard InChI is InChI=1S/C13H16O4/c1-17-13(5-6-13)8-9-3-2-4-10(7-9)11(14)12(15)16/h2-4,7,11,14H,5-6,8H2,1H3,(H,15,16). The van der Waals surface area contributed by atoms with Crippen molar-refractivity contribution < 1.29 is 19.7 Å². The molecule has 2 rings (SSSR count). The molecule has 1 atom stereocenters. The van der Waals surface area contributed by atoms with E-state index in [1.165, 1.54) is 0 Å². The van der Waals surface area contributed by atoms with E-state index in [4.69, 9.17) is 9.84 Å². The average Bonchev–Trinajstić information content (AvgIpc) is 3.09. The van der Waals surface area contributed by atoms with Crippen LogP contribution < -0.4 is 0 Å². The monoisotopic (exact) mass is 236 g/mol. The molecule has 0 aliphatic heterocycles. The van der Waals surface area contributed by atoms with Crippen LogP contribution in [0.3, 0.4) is 0 Å². The Morgan fingerprint density at radius 1 is 1.53 bits per heavy atom. The van der Waals surface area contributed by atoms with Gasteiger partial charge in [0.2, 0.25) is 0 Å². The summed E-state index contributed by atoms with van der Waals surface area (Å²) in [6.07, 6.45) is 1.39. The van der Waals surface area contributed by atoms with Crippen LogP contribution in [-0.4, -0.2) is 28.9 Å². The van der Waals surface area contributed by atoms with Gasteiger partial charge in [0.1, 0.15) is 0 Å². The van der Waals surface area contributed by atoms with Gasteiger partial charge in [-0.05, 0) is 24.0 Å². The third kappa shape index (κ3) is 2.65. The topological polar surface area (TPSA) is 66.8 Å². The Hall–Kier alpha value is -1.39. The first-order chi connectivity index (χ1) is 8.06. The molecule has 0 bridgehead atoms. The summed E-state index contributed by atoms with van der Waals surface area (Å²) in [5.74, 6) is -1.23. The number of methoxy groups -OCH3 is 1. The maximum absolute atomic E-state index is 10.7. The summed E-state index contributed by atoms with van der Waals surface area (Å²) in [5, 5.41) is 18.2. The highest BCUT2D eigenvalue weighted by Crippen LogP contribution is 2.41. The van der Waals surface area contributed by atoms with Crippen molar-refractivity contribution in [3.05, 3.63) is 35.4 Å². The summed E-state index contributed by atoms with van der Waals surface area (Å²) in [7, 11) is 1.70. The second-order valence-corrected chi connectivity index (χ2v) is 4.55. The molecule has 1 aliphatic rings. The highest BCUT2D eigenvalue weighted by Gasteiger charge is 2.42. The van der Waals surface area contributed by atoms with E-state index in [-0.39, 0.29) is 5.60 Å². The first kappa shape index (κ1) is 12.1. The molecule has 1 aromatic carbocycles. The van der Waals surface area contributed by atoms with Crippen molar-refractivity contribution in [1.29, 1.82) is 0 Å². The van der Waals surface area contributed by atoms with Crippen molar-refractivity contribution in [3.8, 4) is 0 Å². The Balaban J connectivity index is 2.14. The normalized spacial score (nSPS) is 18.7. The van der Waals surface area contributed by atoms with Gasteiger partial charge < -0.3 is 14.9 Å². The number of benzene rings is 1. The second kappa shape index (κ2) is 4.47. The summed E-state index contributed by atoms with van der Waals surface area (Å²) >= 11 is 0. The lowest BCUT2D eigenvalue weighted by Gasteiger charge is -2.14. The maximum atomic E-state index is 10.7. The second-order valence-electron chi connectivity index (χ2n) is 4.55. The van der Waals surface area contributed by atoms with Crippen molar-refractivity contribution >= 4 is 5.97 Å². The Bertz CT molecular complexity index is 423. The molecule has 0 radical (unpaired) electrons. The van der Waals surface area contributed by atoms with Crippen LogP contribution in [0.5, 0.6) is 0 Å². The number of aliphatic carboxylic acids is 1. The van der Waals surface area contributed by atoms with Crippen LogP contribution in [-0.2, 0) is 16.0 Å². The van der Waals surface area contributed by atoms with Gasteiger partial charge in [-0.3, -0.25) is 0 Å². The predicted molar refractivity (Wildman–Crippen MR) is 61.7 cm³/mol. The maximum Gasteiger partial charge on any atom is 0.337 e. The molecule has 2 N–H and O–H groups in total. The zero-order valence-electron chi connectivity index (χ0n) is 9.72. The molecule has 17 heavy (non-hydrogen) atoms. The number of hydrogen-bond acceptors (Lipinski definition) is 3. The van der Waals surface area contributed by atoms with Crippen molar-refractivity contribution in [2.45, 2.75) is 31.0 Å². The highest BCUT2D eigenvalue weighted by molar-refractivity contribution is 5.74. The molecule has 0 heterocycles. The van der Waals surface area contributed by atoms with E-state index in [1.54, 1.807) is 25.3 Å². The highest BCUT2D eigenvalue weighted by atomic mass is 16.5. The molecule has 4 nitrogen and oxygen atoms in total. The fraction of sp³-hybridized carbons (Fsp3) is 0.462. The van der Waals surface area contributed by atoms with Crippen LogP contribution in [0.25, 0.3) is 0 Å². The first-order valence-electron chi connectivity index (χ1n) is 5.61. The van der Waals surface area contributed by atoms with E-state index in [1.807, 2.05) is 6.07 Å². The van der Waals surface area contributed by atoms with Crippen molar-refractivity contribution in [2.24, 2.45) is 0 Å². The van der Waals surface area contributed by atoms with Gasteiger partial charge in [0, 0.05) is 13.5 Å². The zero-order chi connectivity index (χ0) is 12.5. The van der Waals surface area contributed by atoms with Gasteiger partial charge in [-0.2, -0.15) is 0 Å². The van der Waals surface area contributed by atoms with Crippen LogP contribution in [0.4, 0.5) is 0 Å². The van der Waals surface area contributed by atoms with Gasteiger partial charge >= 0.3 is 5.97 Å². The van der Waals surface area contributed by atoms with Crippen molar-refractivity contribution in [3.63, 3.8) is 0 Å². The van der Waals surface area contributed by atoms with E-state index >= 15 is 0 Å². The molecule has 0 spiro atoms. The molecule has 4 heteroatoms. The lowest BCUT2D eigenvalue weighted by Crippen LogP contribution is -2.16. The number of carbonyl (C=O) groups is 1. The van der Waals surface area contributed by atoms with Crippen LogP contribution in [0.15, 0.2) is 24.3 Å². The van der Waals surface area contributed by atoms with Crippen molar-refractivity contribution in [2.75, 3.05) is 7.11 Å². The van der Waals surface area contributed by atoms with E-state index < -0.39 is 12.1 Å². The third-order valence-electron chi connectivity index (χ3n) is 3.27. The van der Waals surface area contributed by atoms with Crippen LogP contribution in [0.2, 0.25) is 0 Å². The fourth-order valence-electron chi connectivity index (χ4n) is 1.98. The SMILES string of the molecule is COC1(Cc2cccc(C(O)C(=O)O)c2)CC1. The minimum absolute atomic E-state index is 0.0627. The lowest BCUT2D eigenvalue weighted by atomic mass is 10.0. The molecule has 0 amide bonds. The fourth-order valence-corrected chi connectivity index (χ4v) is 1.98. The van der Waals surface area contributed by atoms with Crippen molar-refractivity contribution in [1.82, 2.24) is 0 Å². The zero-order valence-corrected chi connectivity index (χ0v) is 9.72. The Morgan fingerprint density at radius 3 is 2.76 bits per heavy atom. The molecule has 1 fully saturated rings. The van der Waals surface area contributed by atoms with Gasteiger partial charge in [-0.1, -0.05) is 24.3 Å². The predicted octanol–water partition coefficient (Wildman–Crippen LogP) is 1.53. The molecule has 1 aliphatic carbocycles. The van der Waals surface area contributed by atoms with E-state index in [0.29, 0.717) is 5.56 Å². The molecular formula is C13H16O4. The number of aliphatic hydroxyl groups excluding tert-OH is 1. The van der Waals surface area contributed by atoms with E-state index in [2.05, 4.69) is 0 Å². The smallest absolute Gasteiger partial charge is 0.337 e. The molecule has 1 aromatic rings. The molecular weight excluding hydrogens is 220 g/mol. The number of aliphatic hydroxyl groups is 1. The third-order valence-corrected chi connectivity index (χ3v) is 3.27. The van der Waals surface area contributed by atoms with Gasteiger partial charge in [-0.25, -0.2) is 4.79 Å². The minimum Gasteiger partial charge on any atom is -0.479 e. The van der Waals surface area contributed by atoms with E-state index in [9.17, 15) is 9.90 Å². The number of carboxylic acid groups (broad SMARTS) is 1. The Morgan fingerprint density at radius 2 is 2.24 bits per heavy atom. The largest absolute Gasteiger partial charge is 0.479 e. The summed E-state index contributed by atoms with van der Waals surface area (Å²) in [4.78, 5) is 10.7. The molecule has 1 unspecified atom stereocenters. The minimum atomic E-state index is -1.45. The van der Waals surface area contributed by atoms with Crippen LogP contribution in [0, 0.1) is 0 Å². The van der Waals surface area contributed by atoms with Gasteiger partial charge in [0.05, 0.1) is 5.60 Å². The van der Waals surface area contributed by atoms with Crippen LogP contribution in [0.1, 0.15) is 30.1 Å². The molecule has 92 valence electrons. The number of hydrogen-bond donors (Lipinski definition) is 2. The lowest BCUT2D eigenvalue weighted by molar-refractivity contribution is -0.146. The summed E-state index contributed by atoms with van der Waals surface area (Å²) in [6.45, 7) is 0. The Labute approximate surface area is 99.8 Å². The average molecular weight is 236 g/mol. The van der Waals surface area contributed by atoms with Gasteiger partial charge in [0.25, 0.3) is 0 Å². The van der Waals surface area contributed by atoms with E-state index in [0.717, 1.165) is 24.8 Å². The first-order valence-corrected chi connectivity index (χ1v) is 5.61. The summed E-state index contributed by atoms with van der Waals surface area (Å²) in [5.41, 5.74) is 1.36. The van der Waals surface area contributed by atoms with Gasteiger partial charge in [-0.15, -0.1) is 0 Å². The Kier molecular flexibility index (Phi) is 3.17. The number of ether oxygens (including phenoxy) is 1. The summed E-state index contributed by atoms with van der Waals surface area (Å²) in [6, 6.07) is 7.05. The quantitative estimate of drug-likeness (QED) is 0.813. The number of rotatable bonds is 5.